The van der Waals surface area contributed by atoms with Crippen molar-refractivity contribution >= 4 is 26.8 Å². The zero-order valence-corrected chi connectivity index (χ0v) is 20.2. The monoisotopic (exact) mass is 466 g/mol. The standard InChI is InChI=1S/C25H30N4O3S/c1-16-7-9-19(10-8-16)22-14-21(25(30)28-12-5-4-6-17(28)2)23-18(3)27-29(24(23)26-22)20-11-13-33(31,32)15-20/h7-10,14,17,20H,4-6,11-13,15H2,1-3H3. The summed E-state index contributed by atoms with van der Waals surface area (Å²) in [7, 11) is -3.08. The third-order valence-electron chi connectivity index (χ3n) is 7.03. The number of benzene rings is 1. The molecule has 2 fully saturated rings. The third kappa shape index (κ3) is 4.05. The van der Waals surface area contributed by atoms with Crippen LogP contribution in [0.5, 0.6) is 0 Å². The number of amides is 1. The van der Waals surface area contributed by atoms with Gasteiger partial charge < -0.3 is 4.90 Å². The minimum absolute atomic E-state index is 0.00431. The van der Waals surface area contributed by atoms with Crippen LogP contribution in [0.4, 0.5) is 0 Å². The second-order valence-corrected chi connectivity index (χ2v) is 11.8. The number of hydrogen-bond donors (Lipinski definition) is 0. The minimum atomic E-state index is -3.08. The summed E-state index contributed by atoms with van der Waals surface area (Å²) in [5, 5.41) is 5.45. The van der Waals surface area contributed by atoms with Crippen molar-refractivity contribution in [1.82, 2.24) is 19.7 Å². The minimum Gasteiger partial charge on any atom is -0.336 e. The molecule has 2 aromatic heterocycles. The van der Waals surface area contributed by atoms with Crippen LogP contribution >= 0.6 is 0 Å². The van der Waals surface area contributed by atoms with Gasteiger partial charge in [0.25, 0.3) is 5.91 Å². The Morgan fingerprint density at radius 3 is 2.52 bits per heavy atom. The molecule has 3 aromatic rings. The van der Waals surface area contributed by atoms with E-state index in [0.29, 0.717) is 29.0 Å². The largest absolute Gasteiger partial charge is 0.336 e. The second kappa shape index (κ2) is 8.24. The van der Waals surface area contributed by atoms with Crippen molar-refractivity contribution in [2.24, 2.45) is 0 Å². The highest BCUT2D eigenvalue weighted by molar-refractivity contribution is 7.91. The Morgan fingerprint density at radius 2 is 1.85 bits per heavy atom. The number of likely N-dealkylation sites (tertiary alicyclic amines) is 1. The van der Waals surface area contributed by atoms with Crippen molar-refractivity contribution in [3.05, 3.63) is 47.2 Å². The van der Waals surface area contributed by atoms with Crippen LogP contribution in [0.15, 0.2) is 30.3 Å². The molecule has 1 aromatic carbocycles. The van der Waals surface area contributed by atoms with Crippen LogP contribution in [-0.4, -0.2) is 58.1 Å². The van der Waals surface area contributed by atoms with E-state index >= 15 is 0 Å². The van der Waals surface area contributed by atoms with Gasteiger partial charge in [0, 0.05) is 18.2 Å². The van der Waals surface area contributed by atoms with Crippen molar-refractivity contribution in [2.45, 2.75) is 58.5 Å². The van der Waals surface area contributed by atoms with E-state index in [1.165, 1.54) is 0 Å². The Labute approximate surface area is 194 Å². The van der Waals surface area contributed by atoms with Crippen LogP contribution in [0.25, 0.3) is 22.3 Å². The van der Waals surface area contributed by atoms with Gasteiger partial charge in [0.2, 0.25) is 0 Å². The van der Waals surface area contributed by atoms with Crippen LogP contribution in [0, 0.1) is 13.8 Å². The Bertz CT molecular complexity index is 1330. The second-order valence-electron chi connectivity index (χ2n) is 9.55. The van der Waals surface area contributed by atoms with Crippen LogP contribution in [0.3, 0.4) is 0 Å². The number of fused-ring (bicyclic) bond motifs is 1. The number of aryl methyl sites for hydroxylation is 2. The highest BCUT2D eigenvalue weighted by Gasteiger charge is 2.33. The normalized spacial score (nSPS) is 22.7. The fraction of sp³-hybridized carbons (Fsp3) is 0.480. The summed E-state index contributed by atoms with van der Waals surface area (Å²) in [4.78, 5) is 20.7. The third-order valence-corrected chi connectivity index (χ3v) is 8.78. The van der Waals surface area contributed by atoms with E-state index in [2.05, 4.69) is 6.92 Å². The number of pyridine rings is 1. The quantitative estimate of drug-likeness (QED) is 0.580. The molecule has 0 spiro atoms. The number of rotatable bonds is 3. The van der Waals surface area contributed by atoms with Gasteiger partial charge in [-0.05, 0) is 52.5 Å². The van der Waals surface area contributed by atoms with Crippen molar-refractivity contribution < 1.29 is 13.2 Å². The van der Waals surface area contributed by atoms with Gasteiger partial charge in [0.05, 0.1) is 39.9 Å². The van der Waals surface area contributed by atoms with Gasteiger partial charge in [-0.2, -0.15) is 5.10 Å². The molecule has 8 heteroatoms. The van der Waals surface area contributed by atoms with Crippen molar-refractivity contribution in [3.63, 3.8) is 0 Å². The first kappa shape index (κ1) is 22.1. The fourth-order valence-corrected chi connectivity index (χ4v) is 6.82. The van der Waals surface area contributed by atoms with E-state index in [-0.39, 0.29) is 29.5 Å². The van der Waals surface area contributed by atoms with E-state index in [9.17, 15) is 13.2 Å². The number of sulfone groups is 1. The van der Waals surface area contributed by atoms with Gasteiger partial charge in [0.15, 0.2) is 15.5 Å². The molecule has 0 bridgehead atoms. The summed E-state index contributed by atoms with van der Waals surface area (Å²) >= 11 is 0. The molecule has 2 aliphatic heterocycles. The smallest absolute Gasteiger partial charge is 0.254 e. The first-order chi connectivity index (χ1) is 15.7. The maximum absolute atomic E-state index is 13.8. The first-order valence-corrected chi connectivity index (χ1v) is 13.5. The lowest BCUT2D eigenvalue weighted by Gasteiger charge is -2.33. The van der Waals surface area contributed by atoms with Gasteiger partial charge in [-0.25, -0.2) is 18.1 Å². The molecule has 7 nitrogen and oxygen atoms in total. The van der Waals surface area contributed by atoms with Crippen molar-refractivity contribution in [2.75, 3.05) is 18.1 Å². The van der Waals surface area contributed by atoms with Crippen molar-refractivity contribution in [1.29, 1.82) is 0 Å². The number of piperidine rings is 1. The molecule has 33 heavy (non-hydrogen) atoms. The Morgan fingerprint density at radius 1 is 1.09 bits per heavy atom. The molecule has 0 aliphatic carbocycles. The number of hydrogen-bond acceptors (Lipinski definition) is 5. The molecule has 4 heterocycles. The highest BCUT2D eigenvalue weighted by atomic mass is 32.2. The summed E-state index contributed by atoms with van der Waals surface area (Å²) < 4.78 is 26.1. The van der Waals surface area contributed by atoms with Gasteiger partial charge in [-0.3, -0.25) is 4.79 Å². The number of nitrogens with zero attached hydrogens (tertiary/aromatic N) is 4. The molecule has 1 amide bonds. The van der Waals surface area contributed by atoms with Crippen LogP contribution in [-0.2, 0) is 9.84 Å². The zero-order chi connectivity index (χ0) is 23.3. The lowest BCUT2D eigenvalue weighted by molar-refractivity contribution is 0.0637. The molecule has 0 N–H and O–H groups in total. The zero-order valence-electron chi connectivity index (χ0n) is 19.4. The van der Waals surface area contributed by atoms with Gasteiger partial charge in [-0.15, -0.1) is 0 Å². The average Bonchev–Trinajstić information content (AvgIpc) is 3.32. The highest BCUT2D eigenvalue weighted by Crippen LogP contribution is 2.33. The van der Waals surface area contributed by atoms with E-state index in [4.69, 9.17) is 10.1 Å². The van der Waals surface area contributed by atoms with Crippen LogP contribution in [0.2, 0.25) is 0 Å². The molecule has 0 saturated carbocycles. The Hall–Kier alpha value is -2.74. The molecule has 2 unspecified atom stereocenters. The van der Waals surface area contributed by atoms with Gasteiger partial charge in [0.1, 0.15) is 0 Å². The SMILES string of the molecule is Cc1ccc(-c2cc(C(=O)N3CCCCC3C)c3c(C)nn(C4CCS(=O)(=O)C4)c3n2)cc1. The fourth-order valence-electron chi connectivity index (χ4n) is 5.13. The van der Waals surface area contributed by atoms with Crippen LogP contribution in [0.1, 0.15) is 60.3 Å². The lowest BCUT2D eigenvalue weighted by Crippen LogP contribution is -2.42. The topological polar surface area (TPSA) is 85.2 Å². The summed E-state index contributed by atoms with van der Waals surface area (Å²) in [6.07, 6.45) is 3.66. The average molecular weight is 467 g/mol. The number of aromatic nitrogens is 3. The molecule has 2 saturated heterocycles. The van der Waals surface area contributed by atoms with Crippen LogP contribution < -0.4 is 0 Å². The lowest BCUT2D eigenvalue weighted by atomic mass is 9.99. The number of carbonyl (C=O) groups is 1. The summed E-state index contributed by atoms with van der Waals surface area (Å²) in [6, 6.07) is 9.89. The maximum Gasteiger partial charge on any atom is 0.254 e. The number of carbonyl (C=O) groups excluding carboxylic acids is 1. The predicted molar refractivity (Wildman–Crippen MR) is 129 cm³/mol. The van der Waals surface area contributed by atoms with E-state index < -0.39 is 9.84 Å². The Kier molecular flexibility index (Phi) is 5.51. The summed E-state index contributed by atoms with van der Waals surface area (Å²) in [6.45, 7) is 6.77. The summed E-state index contributed by atoms with van der Waals surface area (Å²) in [5.41, 5.74) is 4.69. The van der Waals surface area contributed by atoms with E-state index in [0.717, 1.165) is 42.3 Å². The molecule has 2 atom stereocenters. The molecule has 2 aliphatic rings. The summed E-state index contributed by atoms with van der Waals surface area (Å²) in [5.74, 6) is 0.225. The molecular weight excluding hydrogens is 436 g/mol. The molecular formula is C25H30N4O3S. The van der Waals surface area contributed by atoms with E-state index in [1.807, 2.05) is 49.1 Å². The van der Waals surface area contributed by atoms with Gasteiger partial charge >= 0.3 is 0 Å². The molecule has 0 radical (unpaired) electrons. The Balaban J connectivity index is 1.70. The maximum atomic E-state index is 13.8. The van der Waals surface area contributed by atoms with E-state index in [1.54, 1.807) is 4.68 Å². The van der Waals surface area contributed by atoms with Crippen molar-refractivity contribution in [3.8, 4) is 11.3 Å². The van der Waals surface area contributed by atoms with Gasteiger partial charge in [-0.1, -0.05) is 29.8 Å². The molecule has 5 rings (SSSR count). The first-order valence-electron chi connectivity index (χ1n) is 11.7. The predicted octanol–water partition coefficient (Wildman–Crippen LogP) is 4.09. The molecule has 174 valence electrons.